The van der Waals surface area contributed by atoms with Crippen molar-refractivity contribution in [3.63, 3.8) is 0 Å². The highest BCUT2D eigenvalue weighted by Gasteiger charge is 2.46. The van der Waals surface area contributed by atoms with Gasteiger partial charge in [0.2, 0.25) is 6.29 Å². The van der Waals surface area contributed by atoms with Crippen molar-refractivity contribution in [2.45, 2.75) is 30.8 Å². The van der Waals surface area contributed by atoms with Crippen LogP contribution in [0.3, 0.4) is 0 Å². The fourth-order valence-corrected chi connectivity index (χ4v) is 3.04. The van der Waals surface area contributed by atoms with Gasteiger partial charge >= 0.3 is 11.9 Å². The van der Waals surface area contributed by atoms with Gasteiger partial charge < -0.3 is 35.0 Å². The summed E-state index contributed by atoms with van der Waals surface area (Å²) in [5.41, 5.74) is 0.445. The van der Waals surface area contributed by atoms with Gasteiger partial charge in [-0.3, -0.25) is 0 Å². The van der Waals surface area contributed by atoms with Crippen molar-refractivity contribution in [1.82, 2.24) is 0 Å². The molecule has 5 atom stereocenters. The number of hydrogen-bond donors (Lipinski definition) is 5. The number of halogens is 1. The molecule has 0 bridgehead atoms. The number of benzene rings is 2. The van der Waals surface area contributed by atoms with Gasteiger partial charge in [-0.05, 0) is 41.5 Å². The van der Waals surface area contributed by atoms with Crippen LogP contribution in [0.4, 0.5) is 4.39 Å². The lowest BCUT2D eigenvalue weighted by Crippen LogP contribution is -2.58. The Kier molecular flexibility index (Phi) is 6.32. The molecule has 1 saturated heterocycles. The molecule has 0 spiro atoms. The maximum absolute atomic E-state index is 14.2. The molecule has 1 fully saturated rings. The van der Waals surface area contributed by atoms with E-state index < -0.39 is 49.3 Å². The SMILES string of the molecule is O=C(O)c1cc(C(=O)O)cc(-c2ccc(O[C@H]3O[C@H](CO)[C@@H](O)[C@H](O)[C@H]3F)cc2)c1. The molecule has 0 aliphatic carbocycles. The van der Waals surface area contributed by atoms with Crippen molar-refractivity contribution in [2.75, 3.05) is 6.61 Å². The van der Waals surface area contributed by atoms with E-state index in [1.165, 1.54) is 36.4 Å². The highest BCUT2D eigenvalue weighted by Crippen LogP contribution is 2.29. The molecule has 30 heavy (non-hydrogen) atoms. The van der Waals surface area contributed by atoms with Crippen molar-refractivity contribution in [3.8, 4) is 16.9 Å². The Morgan fingerprint density at radius 1 is 0.933 bits per heavy atom. The van der Waals surface area contributed by atoms with E-state index in [2.05, 4.69) is 0 Å². The molecule has 2 aromatic carbocycles. The van der Waals surface area contributed by atoms with Crippen molar-refractivity contribution in [2.24, 2.45) is 0 Å². The zero-order valence-corrected chi connectivity index (χ0v) is 15.4. The van der Waals surface area contributed by atoms with E-state index in [1.54, 1.807) is 0 Å². The maximum atomic E-state index is 14.2. The average molecular weight is 422 g/mol. The van der Waals surface area contributed by atoms with E-state index in [0.717, 1.165) is 6.07 Å². The first kappa shape index (κ1) is 21.7. The smallest absolute Gasteiger partial charge is 0.335 e. The van der Waals surface area contributed by atoms with Crippen LogP contribution in [0.2, 0.25) is 0 Å². The molecule has 1 aliphatic rings. The zero-order valence-electron chi connectivity index (χ0n) is 15.4. The molecule has 0 unspecified atom stereocenters. The van der Waals surface area contributed by atoms with Crippen LogP contribution in [0, 0.1) is 0 Å². The number of hydrogen-bond acceptors (Lipinski definition) is 7. The average Bonchev–Trinajstić information content (AvgIpc) is 2.74. The summed E-state index contributed by atoms with van der Waals surface area (Å²) in [5, 5.41) is 46.9. The monoisotopic (exact) mass is 422 g/mol. The number of ether oxygens (including phenoxy) is 2. The quantitative estimate of drug-likeness (QED) is 0.457. The summed E-state index contributed by atoms with van der Waals surface area (Å²) >= 11 is 0. The highest BCUT2D eigenvalue weighted by molar-refractivity contribution is 5.96. The maximum Gasteiger partial charge on any atom is 0.335 e. The molecule has 10 heteroatoms. The second-order valence-electron chi connectivity index (χ2n) is 6.70. The van der Waals surface area contributed by atoms with Gasteiger partial charge in [0.1, 0.15) is 24.1 Å². The molecular formula is C20H19FO9. The number of carbonyl (C=O) groups is 2. The Labute approximate surface area is 169 Å². The zero-order chi connectivity index (χ0) is 22.0. The molecule has 1 aliphatic heterocycles. The lowest BCUT2D eigenvalue weighted by atomic mass is 9.99. The van der Waals surface area contributed by atoms with Gasteiger partial charge in [0, 0.05) is 0 Å². The number of alkyl halides is 1. The van der Waals surface area contributed by atoms with E-state index >= 15 is 0 Å². The van der Waals surface area contributed by atoms with Crippen LogP contribution in [0.5, 0.6) is 5.75 Å². The predicted molar refractivity (Wildman–Crippen MR) is 99.1 cm³/mol. The Morgan fingerprint density at radius 2 is 1.50 bits per heavy atom. The summed E-state index contributed by atoms with van der Waals surface area (Å²) in [5.74, 6) is -2.41. The summed E-state index contributed by atoms with van der Waals surface area (Å²) in [4.78, 5) is 22.5. The fourth-order valence-electron chi connectivity index (χ4n) is 3.04. The molecule has 0 saturated carbocycles. The number of rotatable bonds is 6. The van der Waals surface area contributed by atoms with Gasteiger partial charge in [0.15, 0.2) is 6.17 Å². The standard InChI is InChI=1S/C20H19FO9/c21-15-17(24)16(23)14(8-22)30-20(15)29-13-3-1-9(2-4-13)10-5-11(18(25)26)7-12(6-10)19(27)28/h1-7,14-17,20,22-24H,8H2,(H,25,26)(H,27,28)/t14-,15-,16-,17-,20+/m1/s1. The fraction of sp³-hybridized carbons (Fsp3) is 0.300. The second kappa shape index (κ2) is 8.76. The number of carboxylic acid groups (broad SMARTS) is 2. The molecule has 3 rings (SSSR count). The first-order valence-corrected chi connectivity index (χ1v) is 8.86. The van der Waals surface area contributed by atoms with Crippen molar-refractivity contribution in [3.05, 3.63) is 53.6 Å². The minimum absolute atomic E-state index is 0.138. The molecule has 160 valence electrons. The first-order valence-electron chi connectivity index (χ1n) is 8.86. The van der Waals surface area contributed by atoms with Crippen molar-refractivity contribution in [1.29, 1.82) is 0 Å². The Bertz CT molecular complexity index is 896. The van der Waals surface area contributed by atoms with E-state index in [0.29, 0.717) is 11.1 Å². The molecule has 5 N–H and O–H groups in total. The molecule has 0 aromatic heterocycles. The number of aliphatic hydroxyl groups is 3. The van der Waals surface area contributed by atoms with Gasteiger partial charge in [-0.2, -0.15) is 0 Å². The summed E-state index contributed by atoms with van der Waals surface area (Å²) in [7, 11) is 0. The number of aromatic carboxylic acids is 2. The Morgan fingerprint density at radius 3 is 2.00 bits per heavy atom. The van der Waals surface area contributed by atoms with Crippen LogP contribution in [0.15, 0.2) is 42.5 Å². The first-order chi connectivity index (χ1) is 14.2. The molecule has 0 amide bonds. The Hall–Kier alpha value is -3.05. The number of aliphatic hydroxyl groups excluding tert-OH is 3. The topological polar surface area (TPSA) is 154 Å². The van der Waals surface area contributed by atoms with Gasteiger partial charge in [0.25, 0.3) is 0 Å². The predicted octanol–water partition coefficient (Wildman–Crippen LogP) is 0.906. The van der Waals surface area contributed by atoms with Crippen LogP contribution in [0.1, 0.15) is 20.7 Å². The molecule has 2 aromatic rings. The third-order valence-electron chi connectivity index (χ3n) is 4.67. The highest BCUT2D eigenvalue weighted by atomic mass is 19.1. The van der Waals surface area contributed by atoms with Gasteiger partial charge in [-0.15, -0.1) is 0 Å². The van der Waals surface area contributed by atoms with E-state index in [4.69, 9.17) is 9.47 Å². The van der Waals surface area contributed by atoms with E-state index in [1.807, 2.05) is 0 Å². The second-order valence-corrected chi connectivity index (χ2v) is 6.70. The molecule has 9 nitrogen and oxygen atoms in total. The molecular weight excluding hydrogens is 403 g/mol. The van der Waals surface area contributed by atoms with Crippen LogP contribution in [-0.4, -0.2) is 74.9 Å². The number of carboxylic acids is 2. The van der Waals surface area contributed by atoms with Crippen LogP contribution >= 0.6 is 0 Å². The largest absolute Gasteiger partial charge is 0.478 e. The van der Waals surface area contributed by atoms with E-state index in [-0.39, 0.29) is 16.9 Å². The van der Waals surface area contributed by atoms with Crippen LogP contribution in [-0.2, 0) is 4.74 Å². The summed E-state index contributed by atoms with van der Waals surface area (Å²) in [6, 6.07) is 9.53. The summed E-state index contributed by atoms with van der Waals surface area (Å²) in [6.45, 7) is -0.643. The van der Waals surface area contributed by atoms with Crippen molar-refractivity contribution < 1.29 is 49.0 Å². The molecule has 0 radical (unpaired) electrons. The normalized spacial score (nSPS) is 26.2. The van der Waals surface area contributed by atoms with Gasteiger partial charge in [0.05, 0.1) is 17.7 Å². The molecule has 1 heterocycles. The minimum Gasteiger partial charge on any atom is -0.478 e. The van der Waals surface area contributed by atoms with Crippen molar-refractivity contribution >= 4 is 11.9 Å². The van der Waals surface area contributed by atoms with Gasteiger partial charge in [-0.25, -0.2) is 14.0 Å². The lowest BCUT2D eigenvalue weighted by molar-refractivity contribution is -0.261. The third-order valence-corrected chi connectivity index (χ3v) is 4.67. The third kappa shape index (κ3) is 4.41. The summed E-state index contributed by atoms with van der Waals surface area (Å²) in [6.07, 6.45) is -8.25. The van der Waals surface area contributed by atoms with Crippen LogP contribution in [0.25, 0.3) is 11.1 Å². The Balaban J connectivity index is 1.82. The van der Waals surface area contributed by atoms with Crippen LogP contribution < -0.4 is 4.74 Å². The lowest BCUT2D eigenvalue weighted by Gasteiger charge is -2.38. The minimum atomic E-state index is -2.06. The van der Waals surface area contributed by atoms with E-state index in [9.17, 15) is 39.5 Å². The summed E-state index contributed by atoms with van der Waals surface area (Å²) < 4.78 is 24.7. The van der Waals surface area contributed by atoms with Gasteiger partial charge in [-0.1, -0.05) is 12.1 Å².